The van der Waals surface area contributed by atoms with Crippen LogP contribution in [0, 0.1) is 5.82 Å². The third kappa shape index (κ3) is 4.94. The average Bonchev–Trinajstić information content (AvgIpc) is 3.01. The second-order valence-electron chi connectivity index (χ2n) is 7.97. The Morgan fingerprint density at radius 2 is 1.68 bits per heavy atom. The largest absolute Gasteiger partial charge is 0.383 e. The third-order valence-electron chi connectivity index (χ3n) is 6.11. The number of rotatable bonds is 9. The van der Waals surface area contributed by atoms with Crippen molar-refractivity contribution < 1.29 is 28.2 Å². The van der Waals surface area contributed by atoms with E-state index >= 15 is 0 Å². The fourth-order valence-electron chi connectivity index (χ4n) is 4.31. The molecule has 3 amide bonds. The van der Waals surface area contributed by atoms with Crippen LogP contribution in [-0.2, 0) is 29.3 Å². The number of carbonyl (C=O) groups excluding carboxylic acids is 3. The summed E-state index contributed by atoms with van der Waals surface area (Å²) in [6.45, 7) is 4.12. The molecule has 0 N–H and O–H groups in total. The molecule has 31 heavy (non-hydrogen) atoms. The molecule has 0 radical (unpaired) electrons. The molecule has 0 spiro atoms. The van der Waals surface area contributed by atoms with E-state index < -0.39 is 23.0 Å². The predicted molar refractivity (Wildman–Crippen MR) is 111 cm³/mol. The Bertz CT molecular complexity index is 812. The van der Waals surface area contributed by atoms with E-state index in [0.29, 0.717) is 32.8 Å². The normalized spacial score (nSPS) is 22.4. The summed E-state index contributed by atoms with van der Waals surface area (Å²) in [7, 11) is 3.13. The van der Waals surface area contributed by atoms with Crippen molar-refractivity contribution >= 4 is 17.7 Å². The number of ether oxygens (including phenoxy) is 2. The molecular formula is C22H30FN3O5. The van der Waals surface area contributed by atoms with E-state index in [1.54, 1.807) is 18.1 Å². The van der Waals surface area contributed by atoms with Crippen molar-refractivity contribution in [2.45, 2.75) is 18.3 Å². The number of hydrogen-bond donors (Lipinski definition) is 0. The van der Waals surface area contributed by atoms with E-state index in [1.807, 2.05) is 0 Å². The van der Waals surface area contributed by atoms with Crippen LogP contribution in [0.2, 0.25) is 0 Å². The standard InChI is InChI=1S/C22H30FN3O5/c1-30-13-11-24-7-9-25(10-8-24)19(27)15-22(17-5-3-4-6-18(17)23)16-20(28)26(21(22)29)12-14-31-2/h3-6H,7-16H2,1-2H3. The maximum absolute atomic E-state index is 14.8. The quantitative estimate of drug-likeness (QED) is 0.530. The van der Waals surface area contributed by atoms with Gasteiger partial charge in [-0.05, 0) is 6.07 Å². The van der Waals surface area contributed by atoms with Crippen LogP contribution in [0.25, 0.3) is 0 Å². The summed E-state index contributed by atoms with van der Waals surface area (Å²) in [4.78, 5) is 44.2. The van der Waals surface area contributed by atoms with E-state index in [2.05, 4.69) is 4.90 Å². The average molecular weight is 435 g/mol. The molecule has 9 heteroatoms. The van der Waals surface area contributed by atoms with Gasteiger partial charge in [0.15, 0.2) is 0 Å². The molecule has 0 saturated carbocycles. The van der Waals surface area contributed by atoms with E-state index in [0.717, 1.165) is 11.4 Å². The summed E-state index contributed by atoms with van der Waals surface area (Å²) in [5.41, 5.74) is -1.43. The van der Waals surface area contributed by atoms with Gasteiger partial charge < -0.3 is 14.4 Å². The number of amides is 3. The van der Waals surface area contributed by atoms with Crippen LogP contribution in [0.5, 0.6) is 0 Å². The molecule has 1 aromatic rings. The zero-order valence-electron chi connectivity index (χ0n) is 18.1. The summed E-state index contributed by atoms with van der Waals surface area (Å²) in [6.07, 6.45) is -0.462. The molecule has 3 rings (SSSR count). The van der Waals surface area contributed by atoms with Gasteiger partial charge >= 0.3 is 0 Å². The Morgan fingerprint density at radius 3 is 2.32 bits per heavy atom. The second-order valence-corrected chi connectivity index (χ2v) is 7.97. The molecule has 2 aliphatic heterocycles. The molecule has 0 aromatic heterocycles. The molecular weight excluding hydrogens is 405 g/mol. The lowest BCUT2D eigenvalue weighted by atomic mass is 9.75. The van der Waals surface area contributed by atoms with Gasteiger partial charge in [-0.3, -0.25) is 24.2 Å². The minimum Gasteiger partial charge on any atom is -0.383 e. The van der Waals surface area contributed by atoms with Gasteiger partial charge in [0.2, 0.25) is 17.7 Å². The Hall–Kier alpha value is -2.36. The first kappa shape index (κ1) is 23.3. The molecule has 2 fully saturated rings. The highest BCUT2D eigenvalue weighted by Crippen LogP contribution is 2.41. The number of benzene rings is 1. The van der Waals surface area contributed by atoms with Crippen LogP contribution in [0.15, 0.2) is 24.3 Å². The first-order chi connectivity index (χ1) is 14.9. The van der Waals surface area contributed by atoms with E-state index in [1.165, 1.54) is 25.3 Å². The first-order valence-corrected chi connectivity index (χ1v) is 10.5. The minimum absolute atomic E-state index is 0.0801. The number of likely N-dealkylation sites (tertiary alicyclic amines) is 1. The zero-order chi connectivity index (χ0) is 22.4. The van der Waals surface area contributed by atoms with Crippen molar-refractivity contribution in [2.75, 3.05) is 66.7 Å². The Kier molecular flexibility index (Phi) is 7.74. The summed E-state index contributed by atoms with van der Waals surface area (Å²) in [6, 6.07) is 5.90. The fraction of sp³-hybridized carbons (Fsp3) is 0.591. The van der Waals surface area contributed by atoms with Crippen LogP contribution in [0.3, 0.4) is 0 Å². The highest BCUT2D eigenvalue weighted by atomic mass is 19.1. The number of piperazine rings is 1. The summed E-state index contributed by atoms with van der Waals surface area (Å²) < 4.78 is 24.9. The van der Waals surface area contributed by atoms with Crippen molar-refractivity contribution in [1.82, 2.24) is 14.7 Å². The van der Waals surface area contributed by atoms with Gasteiger partial charge in [-0.15, -0.1) is 0 Å². The van der Waals surface area contributed by atoms with Gasteiger partial charge in [0.1, 0.15) is 5.82 Å². The van der Waals surface area contributed by atoms with Crippen LogP contribution < -0.4 is 0 Å². The van der Waals surface area contributed by atoms with Crippen LogP contribution in [-0.4, -0.2) is 99.1 Å². The number of hydrogen-bond acceptors (Lipinski definition) is 6. The van der Waals surface area contributed by atoms with Crippen molar-refractivity contribution in [3.63, 3.8) is 0 Å². The first-order valence-electron chi connectivity index (χ1n) is 10.5. The lowest BCUT2D eigenvalue weighted by Crippen LogP contribution is -2.51. The zero-order valence-corrected chi connectivity index (χ0v) is 18.1. The smallest absolute Gasteiger partial charge is 0.241 e. The molecule has 0 bridgehead atoms. The van der Waals surface area contributed by atoms with E-state index in [4.69, 9.17) is 9.47 Å². The molecule has 170 valence electrons. The van der Waals surface area contributed by atoms with Gasteiger partial charge in [-0.1, -0.05) is 18.2 Å². The minimum atomic E-state index is -1.53. The monoisotopic (exact) mass is 435 g/mol. The van der Waals surface area contributed by atoms with Crippen molar-refractivity contribution in [2.24, 2.45) is 0 Å². The molecule has 2 aliphatic rings. The molecule has 1 unspecified atom stereocenters. The van der Waals surface area contributed by atoms with E-state index in [-0.39, 0.29) is 37.5 Å². The molecule has 8 nitrogen and oxygen atoms in total. The van der Waals surface area contributed by atoms with Gasteiger partial charge in [-0.25, -0.2) is 4.39 Å². The number of carbonyl (C=O) groups is 3. The van der Waals surface area contributed by atoms with Crippen molar-refractivity contribution in [3.05, 3.63) is 35.6 Å². The lowest BCUT2D eigenvalue weighted by Gasteiger charge is -2.36. The second kappa shape index (κ2) is 10.3. The molecule has 2 saturated heterocycles. The number of imide groups is 1. The summed E-state index contributed by atoms with van der Waals surface area (Å²) in [5.74, 6) is -1.78. The fourth-order valence-corrected chi connectivity index (χ4v) is 4.31. The van der Waals surface area contributed by atoms with Gasteiger partial charge in [0.05, 0.1) is 25.2 Å². The van der Waals surface area contributed by atoms with E-state index in [9.17, 15) is 18.8 Å². The Labute approximate surface area is 181 Å². The van der Waals surface area contributed by atoms with Crippen molar-refractivity contribution in [3.8, 4) is 0 Å². The maximum atomic E-state index is 14.8. The lowest BCUT2D eigenvalue weighted by molar-refractivity contribution is -0.143. The highest BCUT2D eigenvalue weighted by molar-refractivity contribution is 6.10. The third-order valence-corrected chi connectivity index (χ3v) is 6.11. The molecule has 0 aliphatic carbocycles. The number of methoxy groups -OCH3 is 2. The van der Waals surface area contributed by atoms with Crippen LogP contribution >= 0.6 is 0 Å². The van der Waals surface area contributed by atoms with Gasteiger partial charge in [0, 0.05) is 65.3 Å². The topological polar surface area (TPSA) is 79.4 Å². The molecule has 1 aromatic carbocycles. The Morgan fingerprint density at radius 1 is 1.03 bits per heavy atom. The predicted octanol–water partition coefficient (Wildman–Crippen LogP) is 0.650. The highest BCUT2D eigenvalue weighted by Gasteiger charge is 2.55. The van der Waals surface area contributed by atoms with Gasteiger partial charge in [-0.2, -0.15) is 0 Å². The maximum Gasteiger partial charge on any atom is 0.241 e. The number of halogens is 1. The Balaban J connectivity index is 1.81. The SMILES string of the molecule is COCCN1CCN(C(=O)CC2(c3ccccc3F)CC(=O)N(CCOC)C2=O)CC1. The molecule has 2 heterocycles. The summed E-state index contributed by atoms with van der Waals surface area (Å²) >= 11 is 0. The van der Waals surface area contributed by atoms with Gasteiger partial charge in [0.25, 0.3) is 0 Å². The molecule has 1 atom stereocenters. The van der Waals surface area contributed by atoms with Crippen molar-refractivity contribution in [1.29, 1.82) is 0 Å². The van der Waals surface area contributed by atoms with Crippen LogP contribution in [0.4, 0.5) is 4.39 Å². The number of nitrogens with zero attached hydrogens (tertiary/aromatic N) is 3. The van der Waals surface area contributed by atoms with Crippen LogP contribution in [0.1, 0.15) is 18.4 Å². The summed E-state index contributed by atoms with van der Waals surface area (Å²) in [5, 5.41) is 0.